The number of para-hydroxylation sites is 1. The molecule has 1 N–H and O–H groups in total. The lowest BCUT2D eigenvalue weighted by Crippen LogP contribution is -2.51. The lowest BCUT2D eigenvalue weighted by molar-refractivity contribution is -0.130. The Balaban J connectivity index is 1.59. The van der Waals surface area contributed by atoms with Crippen LogP contribution >= 0.6 is 0 Å². The number of nitrogens with one attached hydrogen (secondary N) is 1. The van der Waals surface area contributed by atoms with Crippen molar-refractivity contribution in [3.05, 3.63) is 59.2 Å². The molecule has 0 aromatic heterocycles. The van der Waals surface area contributed by atoms with E-state index in [-0.39, 0.29) is 17.3 Å². The zero-order chi connectivity index (χ0) is 20.3. The molecule has 0 radical (unpaired) electrons. The Labute approximate surface area is 167 Å². The van der Waals surface area contributed by atoms with Gasteiger partial charge < -0.3 is 9.80 Å². The third-order valence-corrected chi connectivity index (χ3v) is 6.75. The van der Waals surface area contributed by atoms with Gasteiger partial charge in [0.2, 0.25) is 15.9 Å². The van der Waals surface area contributed by atoms with Gasteiger partial charge in [0.1, 0.15) is 0 Å². The number of carbonyl (C=O) groups is 1. The lowest BCUT2D eigenvalue weighted by atomic mass is 10.1. The van der Waals surface area contributed by atoms with Gasteiger partial charge in [0.25, 0.3) is 0 Å². The van der Waals surface area contributed by atoms with E-state index in [1.165, 1.54) is 0 Å². The van der Waals surface area contributed by atoms with Gasteiger partial charge in [-0.15, -0.1) is 0 Å². The molecule has 1 heterocycles. The largest absolute Gasteiger partial charge is 0.368 e. The first-order valence-corrected chi connectivity index (χ1v) is 10.9. The third-order valence-electron chi connectivity index (χ3n) is 5.04. The summed E-state index contributed by atoms with van der Waals surface area (Å²) in [5.41, 5.74) is 3.53. The minimum absolute atomic E-state index is 0.196. The Bertz CT molecular complexity index is 927. The predicted molar refractivity (Wildman–Crippen MR) is 111 cm³/mol. The number of carbonyl (C=O) groups excluding carboxylic acids is 1. The highest BCUT2D eigenvalue weighted by Gasteiger charge is 2.24. The Morgan fingerprint density at radius 1 is 0.964 bits per heavy atom. The molecule has 0 unspecified atom stereocenters. The fourth-order valence-electron chi connectivity index (χ4n) is 3.78. The van der Waals surface area contributed by atoms with E-state index in [2.05, 4.69) is 21.8 Å². The van der Waals surface area contributed by atoms with Crippen LogP contribution in [0.1, 0.15) is 16.7 Å². The van der Waals surface area contributed by atoms with Crippen LogP contribution in [0.5, 0.6) is 0 Å². The van der Waals surface area contributed by atoms with Crippen LogP contribution in [-0.2, 0) is 14.8 Å². The number of rotatable bonds is 5. The van der Waals surface area contributed by atoms with Crippen molar-refractivity contribution in [2.45, 2.75) is 25.7 Å². The van der Waals surface area contributed by atoms with Crippen molar-refractivity contribution < 1.29 is 13.2 Å². The summed E-state index contributed by atoms with van der Waals surface area (Å²) >= 11 is 0. The molecule has 6 nitrogen and oxygen atoms in total. The van der Waals surface area contributed by atoms with Gasteiger partial charge >= 0.3 is 0 Å². The number of anilines is 1. The van der Waals surface area contributed by atoms with Gasteiger partial charge in [0.05, 0.1) is 11.4 Å². The number of aryl methyl sites for hydroxylation is 3. The van der Waals surface area contributed by atoms with E-state index >= 15 is 0 Å². The molecule has 0 atom stereocenters. The average Bonchev–Trinajstić information content (AvgIpc) is 2.66. The minimum atomic E-state index is -3.73. The van der Waals surface area contributed by atoms with Crippen molar-refractivity contribution in [1.82, 2.24) is 9.62 Å². The molecule has 2 aromatic rings. The Morgan fingerprint density at radius 3 is 2.11 bits per heavy atom. The minimum Gasteiger partial charge on any atom is -0.368 e. The Kier molecular flexibility index (Phi) is 6.05. The van der Waals surface area contributed by atoms with E-state index in [9.17, 15) is 13.2 Å². The summed E-state index contributed by atoms with van der Waals surface area (Å²) < 4.78 is 27.9. The van der Waals surface area contributed by atoms with Crippen molar-refractivity contribution in [3.8, 4) is 0 Å². The van der Waals surface area contributed by atoms with E-state index in [1.54, 1.807) is 18.7 Å². The maximum Gasteiger partial charge on any atom is 0.241 e. The number of sulfonamides is 1. The van der Waals surface area contributed by atoms with Gasteiger partial charge in [0.15, 0.2) is 0 Å². The monoisotopic (exact) mass is 401 g/mol. The number of nitrogens with zero attached hydrogens (tertiary/aromatic N) is 2. The highest BCUT2D eigenvalue weighted by atomic mass is 32.2. The van der Waals surface area contributed by atoms with Crippen LogP contribution in [0.15, 0.2) is 47.4 Å². The molecule has 0 aliphatic carbocycles. The van der Waals surface area contributed by atoms with Crippen LogP contribution in [-0.4, -0.2) is 51.9 Å². The molecule has 1 amide bonds. The summed E-state index contributed by atoms with van der Waals surface area (Å²) in [4.78, 5) is 16.7. The SMILES string of the molecule is Cc1cc(C)c(S(=O)(=O)NCC(=O)N2CCN(c3ccccc3)CC2)c(C)c1. The first kappa shape index (κ1) is 20.4. The van der Waals surface area contributed by atoms with E-state index < -0.39 is 10.0 Å². The quantitative estimate of drug-likeness (QED) is 0.834. The fraction of sp³-hybridized carbons (Fsp3) is 0.381. The van der Waals surface area contributed by atoms with Crippen molar-refractivity contribution in [3.63, 3.8) is 0 Å². The van der Waals surface area contributed by atoms with Crippen LogP contribution in [0.25, 0.3) is 0 Å². The second-order valence-corrected chi connectivity index (χ2v) is 8.96. The standard InChI is InChI=1S/C21H27N3O3S/c1-16-13-17(2)21(18(3)14-16)28(26,27)22-15-20(25)24-11-9-23(10-12-24)19-7-5-4-6-8-19/h4-8,13-14,22H,9-12,15H2,1-3H3. The van der Waals surface area contributed by atoms with E-state index in [0.717, 1.165) is 24.3 Å². The number of hydrogen-bond donors (Lipinski definition) is 1. The van der Waals surface area contributed by atoms with Gasteiger partial charge in [-0.05, 0) is 44.0 Å². The maximum atomic E-state index is 12.7. The summed E-state index contributed by atoms with van der Waals surface area (Å²) in [6, 6.07) is 13.8. The molecular formula is C21H27N3O3S. The molecular weight excluding hydrogens is 374 g/mol. The molecule has 0 bridgehead atoms. The predicted octanol–water partition coefficient (Wildman–Crippen LogP) is 2.24. The van der Waals surface area contributed by atoms with Crippen LogP contribution < -0.4 is 9.62 Å². The molecule has 1 aliphatic rings. The highest BCUT2D eigenvalue weighted by molar-refractivity contribution is 7.89. The number of amides is 1. The Hall–Kier alpha value is -2.38. The molecule has 7 heteroatoms. The van der Waals surface area contributed by atoms with Gasteiger partial charge in [-0.1, -0.05) is 35.9 Å². The van der Waals surface area contributed by atoms with E-state index in [4.69, 9.17) is 0 Å². The number of hydrogen-bond acceptors (Lipinski definition) is 4. The zero-order valence-electron chi connectivity index (χ0n) is 16.6. The molecule has 1 fully saturated rings. The zero-order valence-corrected chi connectivity index (χ0v) is 17.4. The van der Waals surface area contributed by atoms with E-state index in [1.807, 2.05) is 37.3 Å². The van der Waals surface area contributed by atoms with Crippen molar-refractivity contribution in [2.24, 2.45) is 0 Å². The first-order chi connectivity index (χ1) is 13.3. The summed E-state index contributed by atoms with van der Waals surface area (Å²) in [6.45, 7) is 7.90. The number of benzene rings is 2. The van der Waals surface area contributed by atoms with Crippen LogP contribution in [0, 0.1) is 20.8 Å². The fourth-order valence-corrected chi connectivity index (χ4v) is 5.21. The van der Waals surface area contributed by atoms with Crippen molar-refractivity contribution in [2.75, 3.05) is 37.6 Å². The van der Waals surface area contributed by atoms with Crippen LogP contribution in [0.4, 0.5) is 5.69 Å². The molecule has 28 heavy (non-hydrogen) atoms. The molecule has 150 valence electrons. The third kappa shape index (κ3) is 4.54. The Morgan fingerprint density at radius 2 is 1.54 bits per heavy atom. The smallest absolute Gasteiger partial charge is 0.241 e. The van der Waals surface area contributed by atoms with Crippen LogP contribution in [0.3, 0.4) is 0 Å². The summed E-state index contributed by atoms with van der Waals surface area (Å²) in [5, 5.41) is 0. The summed E-state index contributed by atoms with van der Waals surface area (Å²) in [5.74, 6) is -0.196. The molecule has 1 saturated heterocycles. The maximum absolute atomic E-state index is 12.7. The van der Waals surface area contributed by atoms with Gasteiger partial charge in [-0.2, -0.15) is 0 Å². The number of piperazine rings is 1. The molecule has 0 saturated carbocycles. The van der Waals surface area contributed by atoms with Gasteiger partial charge in [-0.25, -0.2) is 13.1 Å². The highest BCUT2D eigenvalue weighted by Crippen LogP contribution is 2.21. The summed E-state index contributed by atoms with van der Waals surface area (Å²) in [7, 11) is -3.73. The van der Waals surface area contributed by atoms with Gasteiger partial charge in [0, 0.05) is 31.9 Å². The first-order valence-electron chi connectivity index (χ1n) is 9.43. The topological polar surface area (TPSA) is 69.7 Å². The second-order valence-electron chi connectivity index (χ2n) is 7.26. The van der Waals surface area contributed by atoms with Crippen molar-refractivity contribution >= 4 is 21.6 Å². The van der Waals surface area contributed by atoms with Crippen LogP contribution in [0.2, 0.25) is 0 Å². The van der Waals surface area contributed by atoms with Gasteiger partial charge in [-0.3, -0.25) is 4.79 Å². The molecule has 2 aromatic carbocycles. The normalized spacial score (nSPS) is 15.0. The molecule has 0 spiro atoms. The molecule has 1 aliphatic heterocycles. The summed E-state index contributed by atoms with van der Waals surface area (Å²) in [6.07, 6.45) is 0. The van der Waals surface area contributed by atoms with E-state index in [0.29, 0.717) is 24.2 Å². The second kappa shape index (κ2) is 8.32. The molecule has 3 rings (SSSR count). The van der Waals surface area contributed by atoms with Crippen molar-refractivity contribution in [1.29, 1.82) is 0 Å². The average molecular weight is 402 g/mol. The lowest BCUT2D eigenvalue weighted by Gasteiger charge is -2.36.